The van der Waals surface area contributed by atoms with Crippen molar-refractivity contribution in [2.24, 2.45) is 11.8 Å². The Balaban J connectivity index is 1.65. The van der Waals surface area contributed by atoms with Gasteiger partial charge in [0.1, 0.15) is 12.4 Å². The lowest BCUT2D eigenvalue weighted by Gasteiger charge is -2.30. The van der Waals surface area contributed by atoms with E-state index >= 15 is 0 Å². The summed E-state index contributed by atoms with van der Waals surface area (Å²) < 4.78 is 5.97. The van der Waals surface area contributed by atoms with Gasteiger partial charge in [-0.05, 0) is 42.0 Å². The molecule has 0 radical (unpaired) electrons. The Morgan fingerprint density at radius 2 is 1.71 bits per heavy atom. The summed E-state index contributed by atoms with van der Waals surface area (Å²) in [5, 5.41) is 0. The molecule has 150 valence electrons. The molecule has 1 fully saturated rings. The van der Waals surface area contributed by atoms with Crippen molar-refractivity contribution in [3.05, 3.63) is 65.7 Å². The van der Waals surface area contributed by atoms with Crippen LogP contribution in [0, 0.1) is 11.8 Å². The van der Waals surface area contributed by atoms with Gasteiger partial charge in [0.15, 0.2) is 0 Å². The molecule has 0 heterocycles. The van der Waals surface area contributed by atoms with E-state index in [1.165, 1.54) is 19.3 Å². The van der Waals surface area contributed by atoms with E-state index in [1.54, 1.807) is 0 Å². The zero-order chi connectivity index (χ0) is 19.8. The smallest absolute Gasteiger partial charge is 0.225 e. The van der Waals surface area contributed by atoms with Crippen LogP contribution in [0.1, 0.15) is 57.1 Å². The third-order valence-electron chi connectivity index (χ3n) is 5.37. The highest BCUT2D eigenvalue weighted by Gasteiger charge is 2.26. The second-order valence-electron chi connectivity index (χ2n) is 8.37. The summed E-state index contributed by atoms with van der Waals surface area (Å²) in [4.78, 5) is 15.2. The van der Waals surface area contributed by atoms with Crippen LogP contribution in [0.2, 0.25) is 0 Å². The molecule has 0 atom stereocenters. The van der Waals surface area contributed by atoms with Crippen LogP contribution in [-0.4, -0.2) is 17.4 Å². The minimum absolute atomic E-state index is 0.213. The van der Waals surface area contributed by atoms with E-state index in [-0.39, 0.29) is 5.92 Å². The number of carbonyl (C=O) groups is 1. The third-order valence-corrected chi connectivity index (χ3v) is 5.37. The first-order valence-electron chi connectivity index (χ1n) is 10.7. The number of rotatable bonds is 8. The lowest BCUT2D eigenvalue weighted by molar-refractivity contribution is -0.137. The summed E-state index contributed by atoms with van der Waals surface area (Å²) >= 11 is 0. The SMILES string of the molecule is CC(C)CN(Cc1cccc(OCc2ccccc2)c1)C(=O)C1CCCCC1. The van der Waals surface area contributed by atoms with E-state index in [9.17, 15) is 4.79 Å². The van der Waals surface area contributed by atoms with Crippen LogP contribution in [0.3, 0.4) is 0 Å². The van der Waals surface area contributed by atoms with Crippen LogP contribution in [0.5, 0.6) is 5.75 Å². The van der Waals surface area contributed by atoms with E-state index in [1.807, 2.05) is 30.3 Å². The first kappa shape index (κ1) is 20.4. The molecule has 0 spiro atoms. The van der Waals surface area contributed by atoms with Crippen molar-refractivity contribution < 1.29 is 9.53 Å². The molecule has 0 saturated heterocycles. The van der Waals surface area contributed by atoms with Crippen molar-refractivity contribution in [2.45, 2.75) is 59.1 Å². The van der Waals surface area contributed by atoms with Crippen molar-refractivity contribution in [1.82, 2.24) is 4.90 Å². The van der Waals surface area contributed by atoms with Gasteiger partial charge in [0, 0.05) is 19.0 Å². The third kappa shape index (κ3) is 6.12. The summed E-state index contributed by atoms with van der Waals surface area (Å²) in [6.45, 7) is 6.39. The topological polar surface area (TPSA) is 29.5 Å². The van der Waals surface area contributed by atoms with Gasteiger partial charge in [0.25, 0.3) is 0 Å². The van der Waals surface area contributed by atoms with Crippen LogP contribution in [0.25, 0.3) is 0 Å². The molecule has 2 aromatic rings. The Bertz CT molecular complexity index is 735. The first-order chi connectivity index (χ1) is 13.6. The van der Waals surface area contributed by atoms with Crippen LogP contribution < -0.4 is 4.74 Å². The van der Waals surface area contributed by atoms with E-state index in [0.717, 1.165) is 36.3 Å². The maximum Gasteiger partial charge on any atom is 0.225 e. The molecule has 1 aliphatic rings. The normalized spacial score (nSPS) is 14.8. The summed E-state index contributed by atoms with van der Waals surface area (Å²) in [5.74, 6) is 1.87. The molecular formula is C25H33NO2. The fourth-order valence-electron chi connectivity index (χ4n) is 3.98. The van der Waals surface area contributed by atoms with Gasteiger partial charge in [-0.15, -0.1) is 0 Å². The first-order valence-corrected chi connectivity index (χ1v) is 10.7. The molecule has 0 N–H and O–H groups in total. The minimum atomic E-state index is 0.213. The molecule has 0 aromatic heterocycles. The molecule has 3 nitrogen and oxygen atoms in total. The predicted octanol–water partition coefficient (Wildman–Crippen LogP) is 5.83. The highest BCUT2D eigenvalue weighted by atomic mass is 16.5. The van der Waals surface area contributed by atoms with Crippen LogP contribution in [0.15, 0.2) is 54.6 Å². The Labute approximate surface area is 169 Å². The molecule has 0 aliphatic heterocycles. The average Bonchev–Trinajstić information content (AvgIpc) is 2.73. The van der Waals surface area contributed by atoms with Gasteiger partial charge in [-0.3, -0.25) is 4.79 Å². The molecule has 0 unspecified atom stereocenters. The zero-order valence-corrected chi connectivity index (χ0v) is 17.3. The minimum Gasteiger partial charge on any atom is -0.489 e. The van der Waals surface area contributed by atoms with Gasteiger partial charge < -0.3 is 9.64 Å². The lowest BCUT2D eigenvalue weighted by Crippen LogP contribution is -2.38. The fourth-order valence-corrected chi connectivity index (χ4v) is 3.98. The number of benzene rings is 2. The van der Waals surface area contributed by atoms with Gasteiger partial charge >= 0.3 is 0 Å². The highest BCUT2D eigenvalue weighted by Crippen LogP contribution is 2.27. The Kier molecular flexibility index (Phi) is 7.53. The van der Waals surface area contributed by atoms with Gasteiger partial charge in [0.05, 0.1) is 0 Å². The molecule has 1 amide bonds. The summed E-state index contributed by atoms with van der Waals surface area (Å²) in [7, 11) is 0. The molecule has 1 aliphatic carbocycles. The maximum atomic E-state index is 13.1. The van der Waals surface area contributed by atoms with Gasteiger partial charge in [-0.1, -0.05) is 75.6 Å². The zero-order valence-electron chi connectivity index (χ0n) is 17.3. The largest absolute Gasteiger partial charge is 0.489 e. The number of nitrogens with zero attached hydrogens (tertiary/aromatic N) is 1. The van der Waals surface area contributed by atoms with Gasteiger partial charge in [-0.25, -0.2) is 0 Å². The Morgan fingerprint density at radius 1 is 1.00 bits per heavy atom. The lowest BCUT2D eigenvalue weighted by atomic mass is 9.88. The van der Waals surface area contributed by atoms with Crippen molar-refractivity contribution in [2.75, 3.05) is 6.54 Å². The average molecular weight is 380 g/mol. The predicted molar refractivity (Wildman–Crippen MR) is 114 cm³/mol. The second-order valence-corrected chi connectivity index (χ2v) is 8.37. The maximum absolute atomic E-state index is 13.1. The second kappa shape index (κ2) is 10.3. The summed E-state index contributed by atoms with van der Waals surface area (Å²) in [6, 6.07) is 18.4. The number of amides is 1. The summed E-state index contributed by atoms with van der Waals surface area (Å²) in [5.41, 5.74) is 2.29. The fraction of sp³-hybridized carbons (Fsp3) is 0.480. The van der Waals surface area contributed by atoms with E-state index in [2.05, 4.69) is 43.0 Å². The van der Waals surface area contributed by atoms with Crippen molar-refractivity contribution in [1.29, 1.82) is 0 Å². The monoisotopic (exact) mass is 379 g/mol. The molecule has 3 rings (SSSR count). The Hall–Kier alpha value is -2.29. The number of hydrogen-bond donors (Lipinski definition) is 0. The molecule has 0 bridgehead atoms. The molecule has 2 aromatic carbocycles. The molecule has 3 heteroatoms. The van der Waals surface area contributed by atoms with Crippen LogP contribution >= 0.6 is 0 Å². The standard InChI is InChI=1S/C25H33NO2/c1-20(2)17-26(25(27)23-13-7-4-8-14-23)18-22-12-9-15-24(16-22)28-19-21-10-5-3-6-11-21/h3,5-6,9-12,15-16,20,23H,4,7-8,13-14,17-19H2,1-2H3. The quantitative estimate of drug-likeness (QED) is 0.577. The van der Waals surface area contributed by atoms with Gasteiger partial charge in [-0.2, -0.15) is 0 Å². The molecule has 1 saturated carbocycles. The van der Waals surface area contributed by atoms with E-state index < -0.39 is 0 Å². The molecule has 28 heavy (non-hydrogen) atoms. The van der Waals surface area contributed by atoms with Crippen molar-refractivity contribution >= 4 is 5.91 Å². The van der Waals surface area contributed by atoms with E-state index in [0.29, 0.717) is 25.0 Å². The highest BCUT2D eigenvalue weighted by molar-refractivity contribution is 5.79. The molecular weight excluding hydrogens is 346 g/mol. The number of hydrogen-bond acceptors (Lipinski definition) is 2. The number of ether oxygens (including phenoxy) is 1. The van der Waals surface area contributed by atoms with Crippen LogP contribution in [0.4, 0.5) is 0 Å². The van der Waals surface area contributed by atoms with E-state index in [4.69, 9.17) is 4.74 Å². The van der Waals surface area contributed by atoms with Crippen LogP contribution in [-0.2, 0) is 17.9 Å². The van der Waals surface area contributed by atoms with Crippen molar-refractivity contribution in [3.63, 3.8) is 0 Å². The van der Waals surface area contributed by atoms with Crippen molar-refractivity contribution in [3.8, 4) is 5.75 Å². The Morgan fingerprint density at radius 3 is 2.43 bits per heavy atom. The summed E-state index contributed by atoms with van der Waals surface area (Å²) in [6.07, 6.45) is 5.75. The van der Waals surface area contributed by atoms with Gasteiger partial charge in [0.2, 0.25) is 5.91 Å². The number of carbonyl (C=O) groups excluding carboxylic acids is 1.